The van der Waals surface area contributed by atoms with E-state index in [9.17, 15) is 13.6 Å². The van der Waals surface area contributed by atoms with Crippen LogP contribution in [0.2, 0.25) is 5.02 Å². The molecule has 1 amide bonds. The minimum atomic E-state index is -0.495. The molecule has 1 aliphatic heterocycles. The number of likely N-dealkylation sites (tertiary alicyclic amines) is 1. The predicted octanol–water partition coefficient (Wildman–Crippen LogP) is 6.09. The van der Waals surface area contributed by atoms with E-state index in [1.807, 2.05) is 12.1 Å². The minimum absolute atomic E-state index is 0.153. The number of amides is 1. The Hall–Kier alpha value is -2.99. The van der Waals surface area contributed by atoms with Crippen LogP contribution in [0.5, 0.6) is 0 Å². The van der Waals surface area contributed by atoms with Gasteiger partial charge in [-0.2, -0.15) is 0 Å². The van der Waals surface area contributed by atoms with E-state index in [-0.39, 0.29) is 17.4 Å². The van der Waals surface area contributed by atoms with E-state index >= 15 is 0 Å². The summed E-state index contributed by atoms with van der Waals surface area (Å²) in [6.45, 7) is 2.96. The zero-order valence-corrected chi connectivity index (χ0v) is 17.8. The molecule has 0 spiro atoms. The number of carbonyl (C=O) groups is 1. The molecule has 160 valence electrons. The van der Waals surface area contributed by atoms with Gasteiger partial charge in [-0.05, 0) is 67.1 Å². The molecule has 4 rings (SSSR count). The Bertz CT molecular complexity index is 1100. The van der Waals surface area contributed by atoms with Crippen molar-refractivity contribution in [2.45, 2.75) is 25.7 Å². The number of carbonyl (C=O) groups excluding carboxylic acids is 1. The number of benzene rings is 2. The molecule has 0 unspecified atom stereocenters. The van der Waals surface area contributed by atoms with Crippen molar-refractivity contribution in [3.63, 3.8) is 0 Å². The molecule has 0 aliphatic carbocycles. The van der Waals surface area contributed by atoms with Gasteiger partial charge in [0.05, 0.1) is 16.9 Å². The van der Waals surface area contributed by atoms with Crippen LogP contribution in [0, 0.1) is 18.6 Å². The highest BCUT2D eigenvalue weighted by molar-refractivity contribution is 6.31. The second-order valence-corrected chi connectivity index (χ2v) is 8.15. The van der Waals surface area contributed by atoms with Gasteiger partial charge >= 0.3 is 0 Å². The summed E-state index contributed by atoms with van der Waals surface area (Å²) in [6.07, 6.45) is 4.65. The number of anilines is 2. The van der Waals surface area contributed by atoms with Crippen molar-refractivity contribution < 1.29 is 13.6 Å². The fourth-order valence-electron chi connectivity index (χ4n) is 3.89. The summed E-state index contributed by atoms with van der Waals surface area (Å²) in [6, 6.07) is 11.1. The van der Waals surface area contributed by atoms with Crippen molar-refractivity contribution in [2.24, 2.45) is 0 Å². The van der Waals surface area contributed by atoms with E-state index in [2.05, 4.69) is 10.3 Å². The van der Waals surface area contributed by atoms with Gasteiger partial charge in [-0.3, -0.25) is 9.78 Å². The Kier molecular flexibility index (Phi) is 6.18. The molecule has 0 saturated carbocycles. The van der Waals surface area contributed by atoms with Crippen LogP contribution in [-0.4, -0.2) is 28.9 Å². The molecular weight excluding hydrogens is 420 g/mol. The second-order valence-electron chi connectivity index (χ2n) is 7.75. The summed E-state index contributed by atoms with van der Waals surface area (Å²) in [5, 5.41) is 3.36. The van der Waals surface area contributed by atoms with Crippen LogP contribution in [0.3, 0.4) is 0 Å². The molecular formula is C24H22ClF2N3O. The normalized spacial score (nSPS) is 14.5. The highest BCUT2D eigenvalue weighted by atomic mass is 35.5. The Morgan fingerprint density at radius 2 is 1.81 bits per heavy atom. The smallest absolute Gasteiger partial charge is 0.257 e. The van der Waals surface area contributed by atoms with Gasteiger partial charge in [0.25, 0.3) is 5.91 Å². The van der Waals surface area contributed by atoms with Gasteiger partial charge in [-0.25, -0.2) is 8.78 Å². The van der Waals surface area contributed by atoms with Crippen molar-refractivity contribution in [1.29, 1.82) is 0 Å². The summed E-state index contributed by atoms with van der Waals surface area (Å²) in [4.78, 5) is 19.1. The van der Waals surface area contributed by atoms with Crippen LogP contribution >= 0.6 is 11.6 Å². The number of rotatable bonds is 4. The number of hydrogen-bond acceptors (Lipinski definition) is 3. The molecule has 2 heterocycles. The predicted molar refractivity (Wildman–Crippen MR) is 118 cm³/mol. The zero-order valence-electron chi connectivity index (χ0n) is 17.0. The third-order valence-corrected chi connectivity index (χ3v) is 6.10. The molecule has 31 heavy (non-hydrogen) atoms. The lowest BCUT2D eigenvalue weighted by atomic mass is 9.89. The first-order valence-corrected chi connectivity index (χ1v) is 10.5. The maximum atomic E-state index is 14.4. The second kappa shape index (κ2) is 9.02. The van der Waals surface area contributed by atoms with Gasteiger partial charge in [0.15, 0.2) is 0 Å². The summed E-state index contributed by atoms with van der Waals surface area (Å²) >= 11 is 5.98. The number of hydrogen-bond donors (Lipinski definition) is 1. The lowest BCUT2D eigenvalue weighted by molar-refractivity contribution is 0.0713. The van der Waals surface area contributed by atoms with Crippen LogP contribution < -0.4 is 5.32 Å². The molecule has 4 nitrogen and oxygen atoms in total. The van der Waals surface area contributed by atoms with Gasteiger partial charge in [0, 0.05) is 30.5 Å². The van der Waals surface area contributed by atoms with E-state index in [1.165, 1.54) is 24.4 Å². The molecule has 3 aromatic rings. The van der Waals surface area contributed by atoms with Crippen molar-refractivity contribution in [3.8, 4) is 0 Å². The number of piperidine rings is 1. The first-order valence-electron chi connectivity index (χ1n) is 10.1. The Morgan fingerprint density at radius 3 is 2.52 bits per heavy atom. The molecule has 7 heteroatoms. The van der Waals surface area contributed by atoms with E-state index in [1.54, 1.807) is 30.2 Å². The van der Waals surface area contributed by atoms with Gasteiger partial charge in [-0.1, -0.05) is 23.7 Å². The van der Waals surface area contributed by atoms with Gasteiger partial charge < -0.3 is 10.2 Å². The molecule has 0 radical (unpaired) electrons. The molecule has 2 aromatic carbocycles. The zero-order chi connectivity index (χ0) is 22.0. The summed E-state index contributed by atoms with van der Waals surface area (Å²) in [7, 11) is 0. The highest BCUT2D eigenvalue weighted by Crippen LogP contribution is 2.31. The quantitative estimate of drug-likeness (QED) is 0.533. The lowest BCUT2D eigenvalue weighted by Gasteiger charge is -2.32. The molecule has 1 aromatic heterocycles. The molecule has 1 fully saturated rings. The number of halogens is 3. The SMILES string of the molecule is Cc1cc(Nc2ccncc2C(=O)N2CCC(c3ccc(F)cc3)CC2)c(F)cc1Cl. The molecule has 0 bridgehead atoms. The van der Waals surface area contributed by atoms with E-state index < -0.39 is 5.82 Å². The highest BCUT2D eigenvalue weighted by Gasteiger charge is 2.26. The van der Waals surface area contributed by atoms with Crippen LogP contribution in [0.15, 0.2) is 54.9 Å². The maximum Gasteiger partial charge on any atom is 0.257 e. The monoisotopic (exact) mass is 441 g/mol. The van der Waals surface area contributed by atoms with E-state index in [0.717, 1.165) is 24.0 Å². The number of pyridine rings is 1. The lowest BCUT2D eigenvalue weighted by Crippen LogP contribution is -2.38. The first-order chi connectivity index (χ1) is 14.9. The Morgan fingerprint density at radius 1 is 1.10 bits per heavy atom. The third-order valence-electron chi connectivity index (χ3n) is 5.69. The van der Waals surface area contributed by atoms with Crippen LogP contribution in [0.25, 0.3) is 0 Å². The summed E-state index contributed by atoms with van der Waals surface area (Å²) in [5.41, 5.74) is 2.94. The molecule has 1 N–H and O–H groups in total. The van der Waals surface area contributed by atoms with Crippen molar-refractivity contribution in [2.75, 3.05) is 18.4 Å². The summed E-state index contributed by atoms with van der Waals surface area (Å²) < 4.78 is 27.5. The van der Waals surface area contributed by atoms with E-state index in [4.69, 9.17) is 11.6 Å². The van der Waals surface area contributed by atoms with Gasteiger partial charge in [0.2, 0.25) is 0 Å². The van der Waals surface area contributed by atoms with Crippen molar-refractivity contribution >= 4 is 28.9 Å². The summed E-state index contributed by atoms with van der Waals surface area (Å²) in [5.74, 6) is -0.604. The van der Waals surface area contributed by atoms with Crippen LogP contribution in [-0.2, 0) is 0 Å². The Labute approximate surface area is 184 Å². The van der Waals surface area contributed by atoms with Gasteiger partial charge in [-0.15, -0.1) is 0 Å². The largest absolute Gasteiger partial charge is 0.352 e. The fraction of sp³-hybridized carbons (Fsp3) is 0.250. The Balaban J connectivity index is 1.49. The van der Waals surface area contributed by atoms with E-state index in [0.29, 0.717) is 35.3 Å². The number of nitrogens with one attached hydrogen (secondary N) is 1. The number of aryl methyl sites for hydroxylation is 1. The molecule has 0 atom stereocenters. The standard InChI is InChI=1S/C24H22ClF2N3O/c1-15-12-23(21(27)13-20(15)25)29-22-6-9-28-14-19(22)24(31)30-10-7-17(8-11-30)16-2-4-18(26)5-3-16/h2-6,9,12-14,17H,7-8,10-11H2,1H3,(H,28,29). The minimum Gasteiger partial charge on any atom is -0.352 e. The molecule has 1 saturated heterocycles. The average Bonchev–Trinajstić information content (AvgIpc) is 2.78. The number of nitrogens with zero attached hydrogens (tertiary/aromatic N) is 2. The fourth-order valence-corrected chi connectivity index (χ4v) is 4.04. The van der Waals surface area contributed by atoms with Crippen LogP contribution in [0.4, 0.5) is 20.2 Å². The maximum absolute atomic E-state index is 14.4. The van der Waals surface area contributed by atoms with Crippen molar-refractivity contribution in [3.05, 3.63) is 88.2 Å². The topological polar surface area (TPSA) is 45.2 Å². The molecule has 1 aliphatic rings. The first kappa shape index (κ1) is 21.2. The number of aromatic nitrogens is 1. The van der Waals surface area contributed by atoms with Crippen molar-refractivity contribution in [1.82, 2.24) is 9.88 Å². The van der Waals surface area contributed by atoms with Gasteiger partial charge in [0.1, 0.15) is 11.6 Å². The third kappa shape index (κ3) is 4.69. The average molecular weight is 442 g/mol. The van der Waals surface area contributed by atoms with Crippen LogP contribution in [0.1, 0.15) is 40.2 Å².